The first-order chi connectivity index (χ1) is 11.6. The molecule has 1 aromatic rings. The molecule has 0 amide bonds. The van der Waals surface area contributed by atoms with Gasteiger partial charge in [-0.3, -0.25) is 0 Å². The molecule has 1 aliphatic heterocycles. The minimum absolute atomic E-state index is 0.127. The molecule has 1 saturated heterocycles. The molecule has 24 heavy (non-hydrogen) atoms. The van der Waals surface area contributed by atoms with Gasteiger partial charge in [0.25, 0.3) is 0 Å². The number of benzene rings is 1. The van der Waals surface area contributed by atoms with E-state index in [1.807, 2.05) is 30.3 Å². The van der Waals surface area contributed by atoms with E-state index in [4.69, 9.17) is 19.7 Å². The van der Waals surface area contributed by atoms with Crippen LogP contribution in [-0.2, 0) is 20.8 Å². The summed E-state index contributed by atoms with van der Waals surface area (Å²) in [7, 11) is 0. The first-order valence-corrected chi connectivity index (χ1v) is 8.21. The number of aliphatic hydroxyl groups excluding tert-OH is 1. The van der Waals surface area contributed by atoms with Gasteiger partial charge < -0.3 is 19.3 Å². The summed E-state index contributed by atoms with van der Waals surface area (Å²) < 4.78 is 17.3. The van der Waals surface area contributed by atoms with Crippen molar-refractivity contribution in [2.45, 2.75) is 51.5 Å². The summed E-state index contributed by atoms with van der Waals surface area (Å²) in [6, 6.07) is 9.76. The topological polar surface area (TPSA) is 96.7 Å². The van der Waals surface area contributed by atoms with E-state index in [0.717, 1.165) is 5.56 Å². The summed E-state index contributed by atoms with van der Waals surface area (Å²) in [4.78, 5) is 2.76. The zero-order chi connectivity index (χ0) is 17.4. The molecule has 7 nitrogen and oxygen atoms in total. The normalized spacial score (nSPS) is 27.0. The fraction of sp³-hybridized carbons (Fsp3) is 0.647. The summed E-state index contributed by atoms with van der Waals surface area (Å²) in [5.74, 6) is 0.376. The van der Waals surface area contributed by atoms with Gasteiger partial charge in [-0.1, -0.05) is 49.3 Å². The maximum atomic E-state index is 10.2. The lowest BCUT2D eigenvalue weighted by Crippen LogP contribution is -2.50. The number of azide groups is 1. The molecule has 4 atom stereocenters. The van der Waals surface area contributed by atoms with Crippen LogP contribution in [0.25, 0.3) is 10.4 Å². The number of rotatable bonds is 8. The molecule has 0 aliphatic carbocycles. The van der Waals surface area contributed by atoms with Gasteiger partial charge in [-0.2, -0.15) is 0 Å². The smallest absolute Gasteiger partial charge is 0.181 e. The average Bonchev–Trinajstić information content (AvgIpc) is 2.58. The maximum absolute atomic E-state index is 10.2. The SMILES string of the molecule is CC(C)CO[C@@H]1C[C@H](OCc2ccccc2)C(O)O[C@H]1CN=[N+]=[N-]. The summed E-state index contributed by atoms with van der Waals surface area (Å²) in [6.45, 7) is 5.21. The Bertz CT molecular complexity index is 534. The Labute approximate surface area is 142 Å². The van der Waals surface area contributed by atoms with Crippen molar-refractivity contribution in [3.63, 3.8) is 0 Å². The van der Waals surface area contributed by atoms with Crippen molar-refractivity contribution < 1.29 is 19.3 Å². The molecular weight excluding hydrogens is 310 g/mol. The van der Waals surface area contributed by atoms with E-state index in [9.17, 15) is 5.11 Å². The van der Waals surface area contributed by atoms with E-state index in [0.29, 0.717) is 25.6 Å². The fourth-order valence-electron chi connectivity index (χ4n) is 2.55. The highest BCUT2D eigenvalue weighted by Gasteiger charge is 2.38. The quantitative estimate of drug-likeness (QED) is 0.448. The molecule has 0 bridgehead atoms. The van der Waals surface area contributed by atoms with Gasteiger partial charge in [0, 0.05) is 17.9 Å². The van der Waals surface area contributed by atoms with E-state index >= 15 is 0 Å². The Morgan fingerprint density at radius 1 is 1.29 bits per heavy atom. The second kappa shape index (κ2) is 9.61. The van der Waals surface area contributed by atoms with Crippen LogP contribution in [0.1, 0.15) is 25.8 Å². The molecule has 1 N–H and O–H groups in total. The van der Waals surface area contributed by atoms with Crippen molar-refractivity contribution in [2.24, 2.45) is 11.0 Å². The van der Waals surface area contributed by atoms with E-state index < -0.39 is 18.5 Å². The van der Waals surface area contributed by atoms with Crippen LogP contribution in [0.2, 0.25) is 0 Å². The first kappa shape index (κ1) is 18.7. The molecule has 0 radical (unpaired) electrons. The third-order valence-electron chi connectivity index (χ3n) is 3.79. The van der Waals surface area contributed by atoms with Crippen molar-refractivity contribution in [1.29, 1.82) is 0 Å². The lowest BCUT2D eigenvalue weighted by atomic mass is 10.0. The van der Waals surface area contributed by atoms with Crippen LogP contribution in [0.3, 0.4) is 0 Å². The summed E-state index contributed by atoms with van der Waals surface area (Å²) in [5.41, 5.74) is 9.53. The summed E-state index contributed by atoms with van der Waals surface area (Å²) >= 11 is 0. The van der Waals surface area contributed by atoms with Crippen LogP contribution in [0.15, 0.2) is 35.4 Å². The van der Waals surface area contributed by atoms with Gasteiger partial charge in [-0.25, -0.2) is 0 Å². The third kappa shape index (κ3) is 5.78. The molecule has 0 saturated carbocycles. The van der Waals surface area contributed by atoms with E-state index in [-0.39, 0.29) is 12.6 Å². The fourth-order valence-corrected chi connectivity index (χ4v) is 2.55. The zero-order valence-corrected chi connectivity index (χ0v) is 14.1. The van der Waals surface area contributed by atoms with Crippen LogP contribution in [-0.4, -0.2) is 42.9 Å². The largest absolute Gasteiger partial charge is 0.375 e. The predicted octanol–water partition coefficient (Wildman–Crippen LogP) is 3.03. The molecule has 1 fully saturated rings. The molecule has 0 spiro atoms. The molecule has 7 heteroatoms. The standard InChI is InChI=1S/C17H25N3O4/c1-12(2)10-22-14-8-15(17(21)24-16(14)9-19-20-18)23-11-13-6-4-3-5-7-13/h3-7,12,14-17,21H,8-11H2,1-2H3/t14-,15+,16+,17?/m1/s1. The molecule has 1 aromatic carbocycles. The highest BCUT2D eigenvalue weighted by molar-refractivity contribution is 5.13. The molecule has 132 valence electrons. The molecule has 1 aliphatic rings. The second-order valence-corrected chi connectivity index (χ2v) is 6.31. The minimum atomic E-state index is -1.06. The Morgan fingerprint density at radius 2 is 2.04 bits per heavy atom. The Kier molecular flexibility index (Phi) is 7.49. The van der Waals surface area contributed by atoms with Crippen molar-refractivity contribution >= 4 is 0 Å². The number of nitrogens with zero attached hydrogens (tertiary/aromatic N) is 3. The van der Waals surface area contributed by atoms with Gasteiger partial charge in [-0.05, 0) is 17.0 Å². The zero-order valence-electron chi connectivity index (χ0n) is 14.1. The van der Waals surface area contributed by atoms with Crippen molar-refractivity contribution in [1.82, 2.24) is 0 Å². The summed E-state index contributed by atoms with van der Waals surface area (Å²) in [5, 5.41) is 13.7. The van der Waals surface area contributed by atoms with Crippen LogP contribution >= 0.6 is 0 Å². The maximum Gasteiger partial charge on any atom is 0.181 e. The number of ether oxygens (including phenoxy) is 3. The van der Waals surface area contributed by atoms with Crippen LogP contribution in [0, 0.1) is 5.92 Å². The highest BCUT2D eigenvalue weighted by atomic mass is 16.7. The number of aliphatic hydroxyl groups is 1. The monoisotopic (exact) mass is 335 g/mol. The van der Waals surface area contributed by atoms with Gasteiger partial charge in [0.1, 0.15) is 6.10 Å². The molecule has 1 unspecified atom stereocenters. The highest BCUT2D eigenvalue weighted by Crippen LogP contribution is 2.25. The number of hydrogen-bond acceptors (Lipinski definition) is 5. The Hall–Kier alpha value is -1.63. The second-order valence-electron chi connectivity index (χ2n) is 6.31. The van der Waals surface area contributed by atoms with Gasteiger partial charge in [0.2, 0.25) is 0 Å². The van der Waals surface area contributed by atoms with Crippen molar-refractivity contribution in [3.05, 3.63) is 46.3 Å². The van der Waals surface area contributed by atoms with Gasteiger partial charge >= 0.3 is 0 Å². The van der Waals surface area contributed by atoms with Gasteiger partial charge in [-0.15, -0.1) is 0 Å². The van der Waals surface area contributed by atoms with Crippen LogP contribution in [0.4, 0.5) is 0 Å². The molecular formula is C17H25N3O4. The van der Waals surface area contributed by atoms with Gasteiger partial charge in [0.05, 0.1) is 25.4 Å². The lowest BCUT2D eigenvalue weighted by molar-refractivity contribution is -0.263. The number of hydrogen-bond donors (Lipinski definition) is 1. The van der Waals surface area contributed by atoms with Crippen molar-refractivity contribution in [2.75, 3.05) is 13.2 Å². The minimum Gasteiger partial charge on any atom is -0.375 e. The van der Waals surface area contributed by atoms with Crippen LogP contribution < -0.4 is 0 Å². The van der Waals surface area contributed by atoms with Crippen LogP contribution in [0.5, 0.6) is 0 Å². The molecule has 2 rings (SSSR count). The lowest BCUT2D eigenvalue weighted by Gasteiger charge is -2.38. The van der Waals surface area contributed by atoms with Crippen molar-refractivity contribution in [3.8, 4) is 0 Å². The molecule has 0 aromatic heterocycles. The first-order valence-electron chi connectivity index (χ1n) is 8.21. The van der Waals surface area contributed by atoms with E-state index in [2.05, 4.69) is 23.9 Å². The van der Waals surface area contributed by atoms with Gasteiger partial charge in [0.15, 0.2) is 6.29 Å². The Balaban J connectivity index is 1.95. The third-order valence-corrected chi connectivity index (χ3v) is 3.79. The average molecular weight is 335 g/mol. The predicted molar refractivity (Wildman–Crippen MR) is 89.1 cm³/mol. The summed E-state index contributed by atoms with van der Waals surface area (Å²) in [6.07, 6.45) is -1.80. The molecule has 1 heterocycles. The van der Waals surface area contributed by atoms with E-state index in [1.165, 1.54) is 0 Å². The van der Waals surface area contributed by atoms with E-state index in [1.54, 1.807) is 0 Å². The Morgan fingerprint density at radius 3 is 2.71 bits per heavy atom.